The third kappa shape index (κ3) is 5.84. The van der Waals surface area contributed by atoms with E-state index in [0.717, 1.165) is 91.2 Å². The number of amidine groups is 1. The minimum Gasteiger partial charge on any atom is -0.456 e. The molecule has 5 nitrogen and oxygen atoms in total. The third-order valence-electron chi connectivity index (χ3n) is 12.9. The van der Waals surface area contributed by atoms with Crippen LogP contribution in [0.2, 0.25) is 0 Å². The predicted octanol–water partition coefficient (Wildman–Crippen LogP) is 15.4. The van der Waals surface area contributed by atoms with Crippen LogP contribution in [0, 0.1) is 11.3 Å². The summed E-state index contributed by atoms with van der Waals surface area (Å²) >= 11 is 0. The highest BCUT2D eigenvalue weighted by Gasteiger charge is 2.24. The molecule has 9 aromatic carbocycles. The van der Waals surface area contributed by atoms with Crippen LogP contribution < -0.4 is 0 Å². The van der Waals surface area contributed by atoms with E-state index >= 15 is 0 Å². The molecule has 12 rings (SSSR count). The number of rotatable bonds is 8. The van der Waals surface area contributed by atoms with Gasteiger partial charge in [0.1, 0.15) is 22.3 Å². The fourth-order valence-corrected chi connectivity index (χ4v) is 9.85. The van der Waals surface area contributed by atoms with E-state index in [2.05, 4.69) is 145 Å². The zero-order valence-electron chi connectivity index (χ0n) is 34.2. The quantitative estimate of drug-likeness (QED) is 0.123. The van der Waals surface area contributed by atoms with E-state index < -0.39 is 0 Å². The number of nitrogens with one attached hydrogen (secondary N) is 1. The van der Waals surface area contributed by atoms with Gasteiger partial charge in [0, 0.05) is 55.3 Å². The van der Waals surface area contributed by atoms with Crippen LogP contribution in [0.4, 0.5) is 0 Å². The maximum absolute atomic E-state index is 9.27. The second-order valence-electron chi connectivity index (χ2n) is 16.5. The molecule has 0 radical (unpaired) electrons. The van der Waals surface area contributed by atoms with Gasteiger partial charge in [-0.25, -0.2) is 4.99 Å². The average Bonchev–Trinajstić information content (AvgIpc) is 3.99. The second kappa shape index (κ2) is 14.5. The van der Waals surface area contributed by atoms with Crippen molar-refractivity contribution in [2.45, 2.75) is 26.2 Å². The highest BCUT2D eigenvalue weighted by atomic mass is 16.3. The highest BCUT2D eigenvalue weighted by Crippen LogP contribution is 2.42. The maximum Gasteiger partial charge on any atom is 0.152 e. The van der Waals surface area contributed by atoms with E-state index in [4.69, 9.17) is 13.8 Å². The fourth-order valence-electron chi connectivity index (χ4n) is 9.85. The summed E-state index contributed by atoms with van der Waals surface area (Å²) in [6.45, 7) is 2.25. The van der Waals surface area contributed by atoms with E-state index in [1.807, 2.05) is 48.5 Å². The van der Waals surface area contributed by atoms with Gasteiger partial charge in [-0.2, -0.15) is 0 Å². The molecule has 1 atom stereocenters. The van der Waals surface area contributed by atoms with E-state index in [0.29, 0.717) is 0 Å². The van der Waals surface area contributed by atoms with Gasteiger partial charge in [0.2, 0.25) is 0 Å². The lowest BCUT2D eigenvalue weighted by Gasteiger charge is -2.21. The summed E-state index contributed by atoms with van der Waals surface area (Å²) in [5.74, 6) is 0.301. The largest absolute Gasteiger partial charge is 0.456 e. The maximum atomic E-state index is 9.27. The van der Waals surface area contributed by atoms with Crippen LogP contribution in [-0.4, -0.2) is 16.1 Å². The number of hydrogen-bond acceptors (Lipinski definition) is 3. The van der Waals surface area contributed by atoms with Crippen molar-refractivity contribution in [1.82, 2.24) is 4.57 Å². The normalized spacial score (nSPS) is 12.9. The molecule has 0 saturated heterocycles. The Kier molecular flexibility index (Phi) is 8.42. The first-order valence-electron chi connectivity index (χ1n) is 21.5. The summed E-state index contributed by atoms with van der Waals surface area (Å²) in [6.07, 6.45) is 2.44. The number of para-hydroxylation sites is 2. The van der Waals surface area contributed by atoms with Gasteiger partial charge in [0.25, 0.3) is 0 Å². The number of furan rings is 2. The number of aryl methyl sites for hydroxylation is 1. The summed E-state index contributed by atoms with van der Waals surface area (Å²) in [4.78, 5) is 5.22. The molecule has 0 fully saturated rings. The van der Waals surface area contributed by atoms with Gasteiger partial charge in [-0.15, -0.1) is 0 Å². The predicted molar refractivity (Wildman–Crippen MR) is 259 cm³/mol. The molecule has 1 unspecified atom stereocenters. The SMILES string of the molecule is CCC(CCc1cc2c(cc1-n1c3cc4ccccc4cc3c3ccc4ccccc4c31)oc1ccccc12)/C(=N\C(=N)c1ccccc1)c1ccc2oc3ccccc3c2c1. The first-order valence-corrected chi connectivity index (χ1v) is 21.5. The Balaban J connectivity index is 1.06. The molecule has 0 aliphatic rings. The first kappa shape index (κ1) is 36.1. The van der Waals surface area contributed by atoms with E-state index in [1.54, 1.807) is 0 Å². The number of aromatic nitrogens is 1. The van der Waals surface area contributed by atoms with Crippen molar-refractivity contribution in [1.29, 1.82) is 5.41 Å². The number of hydrogen-bond donors (Lipinski definition) is 1. The van der Waals surface area contributed by atoms with Gasteiger partial charge in [0.05, 0.1) is 22.4 Å². The Labute approximate surface area is 357 Å². The van der Waals surface area contributed by atoms with Crippen molar-refractivity contribution in [3.8, 4) is 5.69 Å². The van der Waals surface area contributed by atoms with Gasteiger partial charge in [-0.3, -0.25) is 5.41 Å². The van der Waals surface area contributed by atoms with Gasteiger partial charge in [0.15, 0.2) is 5.84 Å². The van der Waals surface area contributed by atoms with Crippen LogP contribution in [-0.2, 0) is 6.42 Å². The smallest absolute Gasteiger partial charge is 0.152 e. The monoisotopic (exact) mass is 799 g/mol. The lowest BCUT2D eigenvalue weighted by Crippen LogP contribution is -2.19. The Morgan fingerprint density at radius 3 is 1.90 bits per heavy atom. The molecule has 3 heterocycles. The minimum absolute atomic E-state index is 0.0437. The summed E-state index contributed by atoms with van der Waals surface area (Å²) in [5, 5.41) is 20.9. The highest BCUT2D eigenvalue weighted by molar-refractivity contribution is 6.21. The van der Waals surface area contributed by atoms with Crippen LogP contribution in [0.3, 0.4) is 0 Å². The molecule has 5 heteroatoms. The Morgan fingerprint density at radius 1 is 0.516 bits per heavy atom. The lowest BCUT2D eigenvalue weighted by atomic mass is 9.87. The minimum atomic E-state index is 0.0437. The molecule has 296 valence electrons. The van der Waals surface area contributed by atoms with Crippen LogP contribution in [0.5, 0.6) is 0 Å². The van der Waals surface area contributed by atoms with Crippen LogP contribution >= 0.6 is 0 Å². The molecule has 0 aliphatic carbocycles. The number of aliphatic imine (C=N–C) groups is 1. The molecule has 0 aliphatic heterocycles. The molecular formula is C57H41N3O2. The van der Waals surface area contributed by atoms with Crippen LogP contribution in [0.25, 0.3) is 92.9 Å². The Morgan fingerprint density at radius 2 is 1.15 bits per heavy atom. The van der Waals surface area contributed by atoms with Gasteiger partial charge in [-0.1, -0.05) is 134 Å². The van der Waals surface area contributed by atoms with Crippen molar-refractivity contribution >= 4 is 98.8 Å². The fraction of sp³-hybridized carbons (Fsp3) is 0.0877. The summed E-state index contributed by atoms with van der Waals surface area (Å²) in [6, 6.07) is 64.1. The molecule has 0 saturated carbocycles. The molecule has 0 spiro atoms. The standard InChI is InChI=1S/C57H41N3O2/c1-2-35(55(59-57(58)37-15-4-3-5-16-37)41-27-29-53-47(32-41)43-20-10-12-22-51(43)61-53)24-25-40-31-48-44-21-11-13-23-52(44)62-54(48)34-49(40)60-50-33-39-18-7-6-17-38(39)30-46(50)45-28-26-36-14-8-9-19-42(36)56(45)60/h3-23,26-35,58H,2,24-25H2,1H3/b58-57?,59-55+. The number of benzene rings is 9. The van der Waals surface area contributed by atoms with Crippen molar-refractivity contribution < 1.29 is 8.83 Å². The molecule has 12 aromatic rings. The van der Waals surface area contributed by atoms with E-state index in [1.165, 1.54) is 43.4 Å². The zero-order valence-corrected chi connectivity index (χ0v) is 34.2. The van der Waals surface area contributed by atoms with Crippen molar-refractivity contribution in [3.63, 3.8) is 0 Å². The molecular weight excluding hydrogens is 759 g/mol. The molecule has 62 heavy (non-hydrogen) atoms. The van der Waals surface area contributed by atoms with Crippen molar-refractivity contribution in [3.05, 3.63) is 199 Å². The number of nitrogens with zero attached hydrogens (tertiary/aromatic N) is 2. The van der Waals surface area contributed by atoms with Gasteiger partial charge in [-0.05, 0) is 95.1 Å². The summed E-state index contributed by atoms with van der Waals surface area (Å²) < 4.78 is 15.4. The summed E-state index contributed by atoms with van der Waals surface area (Å²) in [5.41, 5.74) is 10.9. The first-order chi connectivity index (χ1) is 30.6. The van der Waals surface area contributed by atoms with Crippen molar-refractivity contribution in [2.75, 3.05) is 0 Å². The van der Waals surface area contributed by atoms with E-state index in [9.17, 15) is 5.41 Å². The zero-order chi connectivity index (χ0) is 41.3. The molecule has 0 bridgehead atoms. The average molecular weight is 800 g/mol. The van der Waals surface area contributed by atoms with Gasteiger partial charge < -0.3 is 13.4 Å². The van der Waals surface area contributed by atoms with Crippen molar-refractivity contribution in [2.24, 2.45) is 10.9 Å². The molecule has 3 aromatic heterocycles. The number of fused-ring (bicyclic) bond motifs is 12. The summed E-state index contributed by atoms with van der Waals surface area (Å²) in [7, 11) is 0. The van der Waals surface area contributed by atoms with Gasteiger partial charge >= 0.3 is 0 Å². The van der Waals surface area contributed by atoms with E-state index in [-0.39, 0.29) is 11.8 Å². The third-order valence-corrected chi connectivity index (χ3v) is 12.9. The van der Waals surface area contributed by atoms with Crippen LogP contribution in [0.15, 0.2) is 196 Å². The molecule has 1 N–H and O–H groups in total. The molecule has 0 amide bonds. The Hall–Kier alpha value is -7.76. The lowest BCUT2D eigenvalue weighted by molar-refractivity contribution is 0.605. The Bertz CT molecular complexity index is 3770. The van der Waals surface area contributed by atoms with Crippen LogP contribution in [0.1, 0.15) is 36.5 Å². The second-order valence-corrected chi connectivity index (χ2v) is 16.5. The topological polar surface area (TPSA) is 67.4 Å².